The summed E-state index contributed by atoms with van der Waals surface area (Å²) in [4.78, 5) is 21.5. The molecular weight excluding hydrogens is 210 g/mol. The number of nitro benzene ring substituents is 1. The Hall–Kier alpha value is -2.35. The Kier molecular flexibility index (Phi) is 3.62. The van der Waals surface area contributed by atoms with Gasteiger partial charge in [-0.25, -0.2) is 4.79 Å². The lowest BCUT2D eigenvalue weighted by molar-refractivity contribution is -0.385. The zero-order valence-electron chi connectivity index (χ0n) is 8.81. The fourth-order valence-electron chi connectivity index (χ4n) is 1.19. The van der Waals surface area contributed by atoms with Gasteiger partial charge in [0.15, 0.2) is 0 Å². The summed E-state index contributed by atoms with van der Waals surface area (Å²) in [7, 11) is 0. The maximum Gasteiger partial charge on any atom is 0.352 e. The maximum absolute atomic E-state index is 11.5. The van der Waals surface area contributed by atoms with E-state index >= 15 is 0 Å². The van der Waals surface area contributed by atoms with Crippen molar-refractivity contribution in [2.24, 2.45) is 0 Å². The van der Waals surface area contributed by atoms with E-state index in [1.165, 1.54) is 32.0 Å². The van der Waals surface area contributed by atoms with Gasteiger partial charge < -0.3 is 4.74 Å². The van der Waals surface area contributed by atoms with Crippen LogP contribution in [-0.4, -0.2) is 10.9 Å². The van der Waals surface area contributed by atoms with Crippen LogP contribution in [0.5, 0.6) is 0 Å². The van der Waals surface area contributed by atoms with Crippen molar-refractivity contribution in [2.75, 3.05) is 0 Å². The van der Waals surface area contributed by atoms with Gasteiger partial charge in [-0.1, -0.05) is 12.0 Å². The van der Waals surface area contributed by atoms with Gasteiger partial charge in [0.1, 0.15) is 6.11 Å². The Morgan fingerprint density at radius 1 is 1.50 bits per heavy atom. The molecule has 0 radical (unpaired) electrons. The number of nitrogens with zero attached hydrogens (tertiary/aromatic N) is 1. The lowest BCUT2D eigenvalue weighted by Gasteiger charge is -2.02. The lowest BCUT2D eigenvalue weighted by Crippen LogP contribution is -2.05. The summed E-state index contributed by atoms with van der Waals surface area (Å²) in [5.41, 5.74) is 0.311. The Morgan fingerprint density at radius 2 is 2.19 bits per heavy atom. The molecule has 0 saturated heterocycles. The molecule has 1 rings (SSSR count). The highest BCUT2D eigenvalue weighted by molar-refractivity contribution is 5.92. The zero-order chi connectivity index (χ0) is 12.1. The third-order valence-electron chi connectivity index (χ3n) is 1.97. The van der Waals surface area contributed by atoms with Crippen LogP contribution in [0, 0.1) is 29.1 Å². The van der Waals surface area contributed by atoms with Crippen molar-refractivity contribution in [3.8, 4) is 12.0 Å². The van der Waals surface area contributed by atoms with Gasteiger partial charge in [0.2, 0.25) is 0 Å². The molecule has 0 atom stereocenters. The van der Waals surface area contributed by atoms with Crippen LogP contribution >= 0.6 is 0 Å². The second-order valence-electron chi connectivity index (χ2n) is 2.95. The van der Waals surface area contributed by atoms with E-state index in [1.54, 1.807) is 0 Å². The van der Waals surface area contributed by atoms with Crippen molar-refractivity contribution in [3.05, 3.63) is 39.4 Å². The largest absolute Gasteiger partial charge is 0.369 e. The molecule has 0 spiro atoms. The van der Waals surface area contributed by atoms with E-state index in [9.17, 15) is 14.9 Å². The first-order valence-corrected chi connectivity index (χ1v) is 4.45. The minimum absolute atomic E-state index is 0.112. The van der Waals surface area contributed by atoms with Crippen LogP contribution in [0.15, 0.2) is 18.2 Å². The lowest BCUT2D eigenvalue weighted by atomic mass is 10.1. The number of rotatable bonds is 2. The first-order valence-electron chi connectivity index (χ1n) is 4.45. The molecule has 0 bridgehead atoms. The van der Waals surface area contributed by atoms with Crippen LogP contribution in [0.3, 0.4) is 0 Å². The van der Waals surface area contributed by atoms with Crippen molar-refractivity contribution >= 4 is 11.7 Å². The van der Waals surface area contributed by atoms with Crippen LogP contribution < -0.4 is 0 Å². The number of nitro groups is 1. The normalized spacial score (nSPS) is 8.88. The molecule has 1 aromatic carbocycles. The number of hydrogen-bond donors (Lipinski definition) is 0. The highest BCUT2D eigenvalue weighted by Gasteiger charge is 2.18. The standard InChI is InChI=1S/C11H9NO4/c1-3-7-16-11(13)9-5-4-6-10(8(9)2)12(14)15/h4-6H,1-2H3. The number of ether oxygens (including phenoxy) is 1. The smallest absolute Gasteiger partial charge is 0.352 e. The number of carbonyl (C=O) groups is 1. The summed E-state index contributed by atoms with van der Waals surface area (Å²) in [6, 6.07) is 4.22. The number of hydrogen-bond acceptors (Lipinski definition) is 4. The first-order chi connectivity index (χ1) is 7.57. The van der Waals surface area contributed by atoms with Crippen LogP contribution in [0.4, 0.5) is 5.69 Å². The quantitative estimate of drug-likeness (QED) is 0.330. The summed E-state index contributed by atoms with van der Waals surface area (Å²) in [6.45, 7) is 3.02. The van der Waals surface area contributed by atoms with Gasteiger partial charge in [0.05, 0.1) is 10.5 Å². The van der Waals surface area contributed by atoms with Crippen LogP contribution in [0.2, 0.25) is 0 Å². The van der Waals surface area contributed by atoms with E-state index in [-0.39, 0.29) is 16.8 Å². The molecule has 0 heterocycles. The molecule has 0 N–H and O–H groups in total. The van der Waals surface area contributed by atoms with E-state index in [4.69, 9.17) is 0 Å². The predicted molar refractivity (Wildman–Crippen MR) is 56.7 cm³/mol. The molecule has 0 aromatic heterocycles. The Bertz CT molecular complexity index is 496. The Balaban J connectivity index is 3.13. The molecule has 0 fully saturated rings. The molecule has 16 heavy (non-hydrogen) atoms. The summed E-state index contributed by atoms with van der Waals surface area (Å²) in [6.07, 6.45) is 2.15. The average molecular weight is 219 g/mol. The Labute approximate surface area is 92.2 Å². The number of esters is 1. The van der Waals surface area contributed by atoms with Gasteiger partial charge in [0, 0.05) is 18.6 Å². The summed E-state index contributed by atoms with van der Waals surface area (Å²) >= 11 is 0. The molecule has 0 aliphatic carbocycles. The second-order valence-corrected chi connectivity index (χ2v) is 2.95. The number of benzene rings is 1. The first kappa shape index (κ1) is 11.7. The Morgan fingerprint density at radius 3 is 2.75 bits per heavy atom. The van der Waals surface area contributed by atoms with E-state index in [2.05, 4.69) is 16.8 Å². The van der Waals surface area contributed by atoms with Gasteiger partial charge in [-0.3, -0.25) is 10.1 Å². The SMILES string of the molecule is CC#COC(=O)c1cccc([N+](=O)[O-])c1C. The van der Waals surface area contributed by atoms with Crippen LogP contribution in [-0.2, 0) is 4.74 Å². The van der Waals surface area contributed by atoms with E-state index < -0.39 is 10.9 Å². The van der Waals surface area contributed by atoms with Gasteiger partial charge in [-0.2, -0.15) is 0 Å². The average Bonchev–Trinajstić information content (AvgIpc) is 2.25. The topological polar surface area (TPSA) is 69.4 Å². The molecular formula is C11H9NO4. The van der Waals surface area contributed by atoms with Crippen molar-refractivity contribution in [3.63, 3.8) is 0 Å². The van der Waals surface area contributed by atoms with Crippen molar-refractivity contribution in [2.45, 2.75) is 13.8 Å². The highest BCUT2D eigenvalue weighted by Crippen LogP contribution is 2.21. The maximum atomic E-state index is 11.5. The molecule has 0 aliphatic rings. The summed E-state index contributed by atoms with van der Waals surface area (Å²) in [5, 5.41) is 10.6. The third kappa shape index (κ3) is 2.36. The number of carbonyl (C=O) groups excluding carboxylic acids is 1. The molecule has 0 aliphatic heterocycles. The fourth-order valence-corrected chi connectivity index (χ4v) is 1.19. The highest BCUT2D eigenvalue weighted by atomic mass is 16.6. The van der Waals surface area contributed by atoms with E-state index in [0.29, 0.717) is 0 Å². The van der Waals surface area contributed by atoms with Gasteiger partial charge in [-0.05, 0) is 13.0 Å². The summed E-state index contributed by atoms with van der Waals surface area (Å²) in [5.74, 6) is 1.71. The molecule has 5 heteroatoms. The predicted octanol–water partition coefficient (Wildman–Crippen LogP) is 2.04. The van der Waals surface area contributed by atoms with Crippen molar-refractivity contribution in [1.29, 1.82) is 0 Å². The van der Waals surface area contributed by atoms with E-state index in [1.807, 2.05) is 0 Å². The van der Waals surface area contributed by atoms with Crippen molar-refractivity contribution < 1.29 is 14.5 Å². The second kappa shape index (κ2) is 4.94. The van der Waals surface area contributed by atoms with Crippen molar-refractivity contribution in [1.82, 2.24) is 0 Å². The van der Waals surface area contributed by atoms with E-state index in [0.717, 1.165) is 0 Å². The third-order valence-corrected chi connectivity index (χ3v) is 1.97. The van der Waals surface area contributed by atoms with Gasteiger partial charge >= 0.3 is 5.97 Å². The monoisotopic (exact) mass is 219 g/mol. The molecule has 82 valence electrons. The van der Waals surface area contributed by atoms with Gasteiger partial charge in [0.25, 0.3) is 5.69 Å². The summed E-state index contributed by atoms with van der Waals surface area (Å²) < 4.78 is 4.57. The minimum atomic E-state index is -0.685. The molecule has 5 nitrogen and oxygen atoms in total. The molecule has 1 aromatic rings. The molecule has 0 amide bonds. The van der Waals surface area contributed by atoms with Crippen LogP contribution in [0.1, 0.15) is 22.8 Å². The minimum Gasteiger partial charge on any atom is -0.369 e. The molecule has 0 saturated carbocycles. The molecule has 0 unspecified atom stereocenters. The fraction of sp³-hybridized carbons (Fsp3) is 0.182. The van der Waals surface area contributed by atoms with Crippen LogP contribution in [0.25, 0.3) is 0 Å². The zero-order valence-corrected chi connectivity index (χ0v) is 8.81. The van der Waals surface area contributed by atoms with Gasteiger partial charge in [-0.15, -0.1) is 0 Å².